The number of nitrogens with one attached hydrogen (secondary N) is 2. The van der Waals surface area contributed by atoms with Gasteiger partial charge in [0.15, 0.2) is 37.7 Å². The summed E-state index contributed by atoms with van der Waals surface area (Å²) in [6.45, 7) is 5.54. The first kappa shape index (κ1) is 56.2. The van der Waals surface area contributed by atoms with Gasteiger partial charge in [0.1, 0.15) is 122 Å². The molecule has 0 aromatic heterocycles. The lowest BCUT2D eigenvalue weighted by atomic mass is 9.93. The van der Waals surface area contributed by atoms with E-state index in [0.29, 0.717) is 0 Å². The Morgan fingerprint density at radius 1 is 0.377 bits per heavy atom. The molecule has 0 radical (unpaired) electrons. The first-order valence-electron chi connectivity index (χ1n) is 22.5. The molecule has 6 aliphatic rings. The first-order chi connectivity index (χ1) is 32.4. The Morgan fingerprint density at radius 2 is 0.739 bits per heavy atom. The molecule has 0 unspecified atom stereocenters. The Balaban J connectivity index is 1.35. The van der Waals surface area contributed by atoms with Gasteiger partial charge in [0, 0.05) is 13.8 Å². The molecule has 400 valence electrons. The number of carbonyl (C=O) groups is 2. The summed E-state index contributed by atoms with van der Waals surface area (Å²) in [5, 5.41) is 156. The molecule has 0 aromatic rings. The van der Waals surface area contributed by atoms with Crippen LogP contribution >= 0.6 is 0 Å². The van der Waals surface area contributed by atoms with Crippen LogP contribution in [0.2, 0.25) is 0 Å². The third kappa shape index (κ3) is 12.0. The second-order valence-electron chi connectivity index (χ2n) is 18.2. The molecule has 0 spiro atoms. The van der Waals surface area contributed by atoms with Crippen molar-refractivity contribution in [2.75, 3.05) is 13.2 Å². The van der Waals surface area contributed by atoms with E-state index >= 15 is 0 Å². The molecular formula is C40H68N2O27. The van der Waals surface area contributed by atoms with Gasteiger partial charge >= 0.3 is 0 Å². The van der Waals surface area contributed by atoms with Gasteiger partial charge in [0.2, 0.25) is 11.8 Å². The van der Waals surface area contributed by atoms with E-state index in [4.69, 9.17) is 52.1 Å². The Labute approximate surface area is 394 Å². The molecule has 16 N–H and O–H groups in total. The van der Waals surface area contributed by atoms with Gasteiger partial charge in [-0.1, -0.05) is 0 Å². The molecule has 6 rings (SSSR count). The summed E-state index contributed by atoms with van der Waals surface area (Å²) < 4.78 is 65.2. The van der Waals surface area contributed by atoms with Crippen molar-refractivity contribution in [3.63, 3.8) is 0 Å². The third-order valence-electron chi connectivity index (χ3n) is 13.1. The highest BCUT2D eigenvalue weighted by Gasteiger charge is 2.58. The average molecular weight is 1010 g/mol. The SMILES string of the molecule is CC(=O)N[C@@H]1[C@@H](O[C@@H]2O[C@@H](C)[C@@H](O)[C@@H](O)[C@@H]2O[C@@H]2O[C@@H](C)[C@@H](O)[C@@H](O)[C@@H]2O)[C@H](O[C@@H]2O[C@H](CO)[C@H](O)[C@H](O[C@@H]3O[C@@H](C)[C@@H](O)[C@@H](O)[C@@H]3O[C@@H]3O[C@@H](C)[C@@H](O)[C@@H](O)[C@@H]3O)[C@H]2NC(C)=O)[C@@H](CO)O[C@H]1O. The number of ether oxygens (including phenoxy) is 11. The van der Waals surface area contributed by atoms with Gasteiger partial charge in [0.05, 0.1) is 37.6 Å². The van der Waals surface area contributed by atoms with Crippen LogP contribution in [0.25, 0.3) is 0 Å². The van der Waals surface area contributed by atoms with E-state index < -0.39 is 209 Å². The minimum Gasteiger partial charge on any atom is -0.394 e. The van der Waals surface area contributed by atoms with E-state index in [0.717, 1.165) is 13.8 Å². The number of hydrogen-bond acceptors (Lipinski definition) is 27. The van der Waals surface area contributed by atoms with Crippen molar-refractivity contribution >= 4 is 11.8 Å². The van der Waals surface area contributed by atoms with Gasteiger partial charge in [-0.05, 0) is 27.7 Å². The van der Waals surface area contributed by atoms with Crippen LogP contribution < -0.4 is 10.6 Å². The van der Waals surface area contributed by atoms with E-state index in [9.17, 15) is 81.1 Å². The lowest BCUT2D eigenvalue weighted by Gasteiger charge is -2.51. The van der Waals surface area contributed by atoms with Gasteiger partial charge in [-0.3, -0.25) is 9.59 Å². The van der Waals surface area contributed by atoms with Crippen LogP contribution in [0.15, 0.2) is 0 Å². The van der Waals surface area contributed by atoms with E-state index in [1.165, 1.54) is 27.7 Å². The van der Waals surface area contributed by atoms with Gasteiger partial charge < -0.3 is 134 Å². The Kier molecular flexibility index (Phi) is 19.1. The quantitative estimate of drug-likeness (QED) is 0.0768. The van der Waals surface area contributed by atoms with E-state index in [-0.39, 0.29) is 0 Å². The van der Waals surface area contributed by atoms with Gasteiger partial charge in [0.25, 0.3) is 0 Å². The molecular weight excluding hydrogens is 940 g/mol. The van der Waals surface area contributed by atoms with Crippen LogP contribution in [0.5, 0.6) is 0 Å². The summed E-state index contributed by atoms with van der Waals surface area (Å²) in [6, 6.07) is -3.39. The molecule has 69 heavy (non-hydrogen) atoms. The first-order valence-corrected chi connectivity index (χ1v) is 22.5. The van der Waals surface area contributed by atoms with Gasteiger partial charge in [-0.25, -0.2) is 0 Å². The van der Waals surface area contributed by atoms with Crippen molar-refractivity contribution in [2.24, 2.45) is 0 Å². The number of aliphatic hydroxyl groups excluding tert-OH is 14. The molecule has 29 nitrogen and oxygen atoms in total. The molecule has 0 aliphatic carbocycles. The smallest absolute Gasteiger partial charge is 0.217 e. The molecule has 6 saturated heterocycles. The summed E-state index contributed by atoms with van der Waals surface area (Å²) in [6.07, 6.45) is -48.0. The highest BCUT2D eigenvalue weighted by Crippen LogP contribution is 2.37. The van der Waals surface area contributed by atoms with Crippen molar-refractivity contribution in [3.8, 4) is 0 Å². The molecule has 29 heteroatoms. The molecule has 6 fully saturated rings. The second kappa shape index (κ2) is 23.4. The molecule has 30 atom stereocenters. The van der Waals surface area contributed by atoms with Crippen LogP contribution in [-0.2, 0) is 61.7 Å². The maximum absolute atomic E-state index is 12.9. The summed E-state index contributed by atoms with van der Waals surface area (Å²) in [7, 11) is 0. The minimum atomic E-state index is -2.00. The highest BCUT2D eigenvalue weighted by molar-refractivity contribution is 5.73. The summed E-state index contributed by atoms with van der Waals surface area (Å²) in [4.78, 5) is 25.6. The molecule has 0 saturated carbocycles. The zero-order chi connectivity index (χ0) is 51.1. The third-order valence-corrected chi connectivity index (χ3v) is 13.1. The minimum absolute atomic E-state index is 0.780. The predicted molar refractivity (Wildman–Crippen MR) is 217 cm³/mol. The van der Waals surface area contributed by atoms with Crippen LogP contribution in [-0.4, -0.2) is 281 Å². The maximum atomic E-state index is 12.9. The van der Waals surface area contributed by atoms with Crippen LogP contribution in [0.1, 0.15) is 41.5 Å². The number of amides is 2. The zero-order valence-corrected chi connectivity index (χ0v) is 38.3. The predicted octanol–water partition coefficient (Wildman–Crippen LogP) is -9.70. The van der Waals surface area contributed by atoms with E-state index in [1.807, 2.05) is 0 Å². The topological polar surface area (TPSA) is 443 Å². The summed E-state index contributed by atoms with van der Waals surface area (Å²) in [5.41, 5.74) is 0. The van der Waals surface area contributed by atoms with Gasteiger partial charge in [-0.15, -0.1) is 0 Å². The fourth-order valence-electron chi connectivity index (χ4n) is 9.05. The Hall–Kier alpha value is -2.06. The standard InChI is InChI=1S/C40H68N2O27/c1-9-19(47)24(52)28(56)37(59-9)68-33-26(54)21(49)11(3)61-39(33)66-31-18(42-14(6)46)36(64-15(7-43)23(31)51)65-30-16(8-44)63-35(58)17(41-13(5)45)32(30)67-40-34(27(55)22(50)12(4)62-40)69-38-29(57)25(53)20(48)10(2)60-38/h9-12,15-40,43-44,47-58H,7-8H2,1-6H3,(H,41,45)(H,42,46)/t9-,10-,11-,12-,15+,16+,17+,18+,19+,20+,21+,22+,23-,24+,25+,26+,27+,28-,29-,30+,31+,32+,33-,34-,35+,36-,37-,38-,39-,40-/m0/s1. The van der Waals surface area contributed by atoms with E-state index in [1.54, 1.807) is 0 Å². The van der Waals surface area contributed by atoms with Crippen molar-refractivity contribution in [1.82, 2.24) is 10.6 Å². The normalized spacial score (nSPS) is 51.9. The molecule has 6 aliphatic heterocycles. The number of rotatable bonds is 14. The fourth-order valence-corrected chi connectivity index (χ4v) is 9.05. The lowest BCUT2D eigenvalue weighted by Crippen LogP contribution is -2.71. The zero-order valence-electron chi connectivity index (χ0n) is 38.3. The van der Waals surface area contributed by atoms with Crippen molar-refractivity contribution in [2.45, 2.75) is 226 Å². The molecule has 0 bridgehead atoms. The summed E-state index contributed by atoms with van der Waals surface area (Å²) in [5.74, 6) is -1.59. The fraction of sp³-hybridized carbons (Fsp3) is 0.950. The Morgan fingerprint density at radius 3 is 1.16 bits per heavy atom. The average Bonchev–Trinajstić information content (AvgIpc) is 3.29. The monoisotopic (exact) mass is 1010 g/mol. The van der Waals surface area contributed by atoms with Crippen LogP contribution in [0.4, 0.5) is 0 Å². The number of aliphatic hydroxyl groups is 14. The van der Waals surface area contributed by atoms with Gasteiger partial charge in [-0.2, -0.15) is 0 Å². The largest absolute Gasteiger partial charge is 0.394 e. The Bertz CT molecular complexity index is 1680. The lowest BCUT2D eigenvalue weighted by molar-refractivity contribution is -0.392. The van der Waals surface area contributed by atoms with E-state index in [2.05, 4.69) is 10.6 Å². The highest BCUT2D eigenvalue weighted by atomic mass is 16.8. The van der Waals surface area contributed by atoms with Crippen molar-refractivity contribution in [3.05, 3.63) is 0 Å². The number of hydrogen-bond donors (Lipinski definition) is 16. The number of carbonyl (C=O) groups excluding carboxylic acids is 2. The van der Waals surface area contributed by atoms with Crippen LogP contribution in [0.3, 0.4) is 0 Å². The maximum Gasteiger partial charge on any atom is 0.217 e. The molecule has 6 heterocycles. The van der Waals surface area contributed by atoms with Crippen LogP contribution in [0, 0.1) is 0 Å². The molecule has 0 aromatic carbocycles. The van der Waals surface area contributed by atoms with Crippen molar-refractivity contribution < 1.29 is 133 Å². The molecule has 2 amide bonds. The summed E-state index contributed by atoms with van der Waals surface area (Å²) >= 11 is 0. The second-order valence-corrected chi connectivity index (χ2v) is 18.2. The van der Waals surface area contributed by atoms with Crippen molar-refractivity contribution in [1.29, 1.82) is 0 Å².